The molecular weight excluding hydrogens is 286 g/mol. The fourth-order valence-electron chi connectivity index (χ4n) is 3.04. The summed E-state index contributed by atoms with van der Waals surface area (Å²) in [5.41, 5.74) is 9.87. The number of nitrogens with zero attached hydrogens (tertiary/aromatic N) is 3. The van der Waals surface area contributed by atoms with Crippen molar-refractivity contribution >= 4 is 11.5 Å². The van der Waals surface area contributed by atoms with E-state index >= 15 is 0 Å². The maximum absolute atomic E-state index is 6.46. The summed E-state index contributed by atoms with van der Waals surface area (Å²) >= 11 is 0. The van der Waals surface area contributed by atoms with Crippen molar-refractivity contribution in [2.45, 2.75) is 12.7 Å². The highest BCUT2D eigenvalue weighted by Gasteiger charge is 2.31. The Balaban J connectivity index is 1.68. The standard InChI is InChI=1S/C18H19N5/c19-17-16-11-20-21-18(16)23(15-9-5-2-6-10-15)13-22(17)12-14-7-3-1-4-8-14/h1-11,17H,12-13,19H2,(H,20,21). The van der Waals surface area contributed by atoms with Crippen molar-refractivity contribution in [3.63, 3.8) is 0 Å². The van der Waals surface area contributed by atoms with Crippen LogP contribution in [0, 0.1) is 0 Å². The molecule has 4 rings (SSSR count). The first-order valence-electron chi connectivity index (χ1n) is 7.72. The number of H-pyrrole nitrogens is 1. The van der Waals surface area contributed by atoms with Crippen LogP contribution in [0.25, 0.3) is 0 Å². The predicted molar refractivity (Wildman–Crippen MR) is 90.9 cm³/mol. The molecule has 3 N–H and O–H groups in total. The summed E-state index contributed by atoms with van der Waals surface area (Å²) in [6.45, 7) is 1.52. The molecule has 0 radical (unpaired) electrons. The van der Waals surface area contributed by atoms with Crippen LogP contribution < -0.4 is 10.6 Å². The summed E-state index contributed by atoms with van der Waals surface area (Å²) in [4.78, 5) is 4.47. The zero-order valence-electron chi connectivity index (χ0n) is 12.8. The maximum atomic E-state index is 6.46. The number of benzene rings is 2. The van der Waals surface area contributed by atoms with Crippen molar-refractivity contribution in [3.8, 4) is 0 Å². The van der Waals surface area contributed by atoms with Crippen LogP contribution in [0.3, 0.4) is 0 Å². The number of anilines is 2. The van der Waals surface area contributed by atoms with E-state index in [1.807, 2.05) is 30.5 Å². The smallest absolute Gasteiger partial charge is 0.135 e. The second kappa shape index (κ2) is 5.87. The van der Waals surface area contributed by atoms with E-state index in [9.17, 15) is 0 Å². The van der Waals surface area contributed by atoms with Crippen LogP contribution in [0.5, 0.6) is 0 Å². The molecule has 1 aliphatic rings. The minimum absolute atomic E-state index is 0.163. The number of hydrogen-bond donors (Lipinski definition) is 2. The summed E-state index contributed by atoms with van der Waals surface area (Å²) in [6, 6.07) is 20.7. The van der Waals surface area contributed by atoms with Gasteiger partial charge in [-0.2, -0.15) is 5.10 Å². The summed E-state index contributed by atoms with van der Waals surface area (Å²) in [6.07, 6.45) is 1.66. The van der Waals surface area contributed by atoms with Crippen LogP contribution in [-0.2, 0) is 6.54 Å². The molecule has 23 heavy (non-hydrogen) atoms. The van der Waals surface area contributed by atoms with Gasteiger partial charge < -0.3 is 10.6 Å². The Morgan fingerprint density at radius 2 is 1.74 bits per heavy atom. The first-order chi connectivity index (χ1) is 11.3. The lowest BCUT2D eigenvalue weighted by Gasteiger charge is -2.40. The Bertz CT molecular complexity index is 768. The number of aromatic nitrogens is 2. The van der Waals surface area contributed by atoms with Crippen LogP contribution in [-0.4, -0.2) is 21.8 Å². The van der Waals surface area contributed by atoms with Gasteiger partial charge >= 0.3 is 0 Å². The van der Waals surface area contributed by atoms with Crippen molar-refractivity contribution in [2.24, 2.45) is 5.73 Å². The zero-order valence-corrected chi connectivity index (χ0v) is 12.8. The van der Waals surface area contributed by atoms with Crippen LogP contribution >= 0.6 is 0 Å². The summed E-state index contributed by atoms with van der Waals surface area (Å²) in [5.74, 6) is 0.980. The Morgan fingerprint density at radius 1 is 1.04 bits per heavy atom. The molecule has 0 saturated carbocycles. The normalized spacial score (nSPS) is 18.0. The number of fused-ring (bicyclic) bond motifs is 1. The van der Waals surface area contributed by atoms with Crippen molar-refractivity contribution in [2.75, 3.05) is 11.6 Å². The molecule has 0 spiro atoms. The fraction of sp³-hybridized carbons (Fsp3) is 0.167. The number of para-hydroxylation sites is 1. The van der Waals surface area contributed by atoms with Crippen molar-refractivity contribution in [3.05, 3.63) is 78.0 Å². The molecule has 1 unspecified atom stereocenters. The van der Waals surface area contributed by atoms with Gasteiger partial charge in [-0.3, -0.25) is 10.00 Å². The number of nitrogens with one attached hydrogen (secondary N) is 1. The average molecular weight is 305 g/mol. The van der Waals surface area contributed by atoms with Crippen LogP contribution in [0.4, 0.5) is 11.5 Å². The Labute approximate surface area is 135 Å². The van der Waals surface area contributed by atoms with Gasteiger partial charge in [-0.05, 0) is 17.7 Å². The van der Waals surface area contributed by atoms with E-state index in [1.165, 1.54) is 5.56 Å². The van der Waals surface area contributed by atoms with E-state index in [1.54, 1.807) is 0 Å². The molecule has 2 aromatic carbocycles. The molecule has 0 saturated heterocycles. The van der Waals surface area contributed by atoms with Gasteiger partial charge in [0.05, 0.1) is 19.0 Å². The van der Waals surface area contributed by atoms with Crippen LogP contribution in [0.15, 0.2) is 66.9 Å². The zero-order chi connectivity index (χ0) is 15.6. The summed E-state index contributed by atoms with van der Waals surface area (Å²) in [7, 11) is 0. The molecule has 1 atom stereocenters. The van der Waals surface area contributed by atoms with E-state index in [0.29, 0.717) is 0 Å². The highest BCUT2D eigenvalue weighted by molar-refractivity contribution is 5.64. The third-order valence-electron chi connectivity index (χ3n) is 4.25. The lowest BCUT2D eigenvalue weighted by Crippen LogP contribution is -2.45. The number of nitrogens with two attached hydrogens (primary N) is 1. The molecule has 2 heterocycles. The second-order valence-electron chi connectivity index (χ2n) is 5.76. The minimum Gasteiger partial charge on any atom is -0.313 e. The second-order valence-corrected chi connectivity index (χ2v) is 5.76. The van der Waals surface area contributed by atoms with Gasteiger partial charge in [-0.15, -0.1) is 0 Å². The molecule has 116 valence electrons. The number of hydrogen-bond acceptors (Lipinski definition) is 4. The Hall–Kier alpha value is -2.63. The molecule has 0 bridgehead atoms. The SMILES string of the molecule is NC1c2cn[nH]c2N(c2ccccc2)CN1Cc1ccccc1. The van der Waals surface area contributed by atoms with Gasteiger partial charge in [0.1, 0.15) is 5.82 Å². The first-order valence-corrected chi connectivity index (χ1v) is 7.72. The molecular formula is C18H19N5. The third-order valence-corrected chi connectivity index (χ3v) is 4.25. The van der Waals surface area contributed by atoms with Gasteiger partial charge in [-0.25, -0.2) is 0 Å². The quantitative estimate of drug-likeness (QED) is 0.781. The molecule has 0 amide bonds. The maximum Gasteiger partial charge on any atom is 0.135 e. The van der Waals surface area contributed by atoms with Gasteiger partial charge in [0, 0.05) is 17.8 Å². The third kappa shape index (κ3) is 2.60. The van der Waals surface area contributed by atoms with Crippen LogP contribution in [0.2, 0.25) is 0 Å². The molecule has 0 fully saturated rings. The molecule has 3 aromatic rings. The minimum atomic E-state index is -0.163. The molecule has 1 aliphatic heterocycles. The van der Waals surface area contributed by atoms with E-state index in [-0.39, 0.29) is 6.17 Å². The topological polar surface area (TPSA) is 61.2 Å². The van der Waals surface area contributed by atoms with Crippen molar-refractivity contribution in [1.29, 1.82) is 0 Å². The Morgan fingerprint density at radius 3 is 2.48 bits per heavy atom. The van der Waals surface area contributed by atoms with Gasteiger partial charge in [0.25, 0.3) is 0 Å². The van der Waals surface area contributed by atoms with E-state index < -0.39 is 0 Å². The monoisotopic (exact) mass is 305 g/mol. The average Bonchev–Trinajstić information content (AvgIpc) is 3.09. The first kappa shape index (κ1) is 14.0. The number of aromatic amines is 1. The highest BCUT2D eigenvalue weighted by Crippen LogP contribution is 2.36. The predicted octanol–water partition coefficient (Wildman–Crippen LogP) is 2.98. The Kier molecular flexibility index (Phi) is 3.57. The van der Waals surface area contributed by atoms with Gasteiger partial charge in [0.15, 0.2) is 0 Å². The molecule has 1 aromatic heterocycles. The summed E-state index contributed by atoms with van der Waals surface area (Å²) < 4.78 is 0. The largest absolute Gasteiger partial charge is 0.313 e. The molecule has 5 nitrogen and oxygen atoms in total. The molecule has 5 heteroatoms. The van der Waals surface area contributed by atoms with Crippen molar-refractivity contribution < 1.29 is 0 Å². The van der Waals surface area contributed by atoms with E-state index in [0.717, 1.165) is 30.3 Å². The van der Waals surface area contributed by atoms with Crippen molar-refractivity contribution in [1.82, 2.24) is 15.1 Å². The summed E-state index contributed by atoms with van der Waals surface area (Å²) in [5, 5.41) is 7.29. The fourth-order valence-corrected chi connectivity index (χ4v) is 3.04. The lowest BCUT2D eigenvalue weighted by atomic mass is 10.1. The van der Waals surface area contributed by atoms with Gasteiger partial charge in [0.2, 0.25) is 0 Å². The highest BCUT2D eigenvalue weighted by atomic mass is 15.4. The van der Waals surface area contributed by atoms with Gasteiger partial charge in [-0.1, -0.05) is 48.5 Å². The number of rotatable bonds is 3. The van der Waals surface area contributed by atoms with E-state index in [4.69, 9.17) is 5.73 Å². The molecule has 0 aliphatic carbocycles. The van der Waals surface area contributed by atoms with Crippen LogP contribution in [0.1, 0.15) is 17.3 Å². The van der Waals surface area contributed by atoms with E-state index in [2.05, 4.69) is 56.4 Å². The lowest BCUT2D eigenvalue weighted by molar-refractivity contribution is 0.186.